The average molecular weight is 1070 g/mol. The van der Waals surface area contributed by atoms with Crippen molar-refractivity contribution in [3.05, 3.63) is 125 Å². The summed E-state index contributed by atoms with van der Waals surface area (Å²) in [7, 11) is 0. The number of pyridine rings is 2. The van der Waals surface area contributed by atoms with E-state index < -0.39 is 36.5 Å². The zero-order valence-electron chi connectivity index (χ0n) is 39.1. The Kier molecular flexibility index (Phi) is 23.5. The zero-order valence-corrected chi connectivity index (χ0v) is 41.5. The molecular formula is C49H55Cl3N10O11. The molecule has 2 fully saturated rings. The molecule has 8 heterocycles. The second kappa shape index (κ2) is 29.4. The number of benzene rings is 1. The van der Waals surface area contributed by atoms with Crippen LogP contribution in [-0.4, -0.2) is 104 Å². The molecule has 0 saturated carbocycles. The summed E-state index contributed by atoms with van der Waals surface area (Å²) in [4.78, 5) is 107. The summed E-state index contributed by atoms with van der Waals surface area (Å²) in [6.45, 7) is 7.92. The first-order chi connectivity index (χ1) is 34.5. The fourth-order valence-electron chi connectivity index (χ4n) is 7.98. The van der Waals surface area contributed by atoms with E-state index in [4.69, 9.17) is 51.7 Å². The van der Waals surface area contributed by atoms with E-state index in [-0.39, 0.29) is 54.9 Å². The van der Waals surface area contributed by atoms with E-state index in [1.165, 1.54) is 59.5 Å². The van der Waals surface area contributed by atoms with Gasteiger partial charge in [-0.1, -0.05) is 68.6 Å². The number of esters is 1. The number of fused-ring (bicyclic) bond motifs is 2. The number of likely N-dealkylation sites (tertiary alicyclic amines) is 1. The number of amides is 3. The minimum atomic E-state index is -1.16. The van der Waals surface area contributed by atoms with E-state index in [1.807, 2.05) is 6.92 Å². The molecule has 4 aliphatic rings. The van der Waals surface area contributed by atoms with Gasteiger partial charge in [-0.2, -0.15) is 9.59 Å². The molecule has 0 spiro atoms. The Labute approximate surface area is 437 Å². The van der Waals surface area contributed by atoms with E-state index in [0.717, 1.165) is 45.2 Å². The highest BCUT2D eigenvalue weighted by atomic mass is 35.5. The van der Waals surface area contributed by atoms with Gasteiger partial charge in [-0.15, -0.1) is 12.4 Å². The van der Waals surface area contributed by atoms with Gasteiger partial charge < -0.3 is 29.2 Å². The Balaban J connectivity index is 0.000000244. The molecule has 4 aliphatic heterocycles. The maximum atomic E-state index is 12.9. The standard InChI is InChI=1S/C20H22ClN5O3.C18H11ClN4O4.C9H17NO2.CO2.CH4.ClH/c1-2-3-13-6-10-25(11-7-13)20(28)29-19-17-16(22-8-9-23-17)18(27)26(19)15-5-4-14(21)12-24-15;19-11-6-7-13(22-10-11)23-16(24)14-15(21-9-8-20-14)17(23)27-18(25)26-12-4-2-1-3-5-12;1-2-12-9(11)7-8-3-5-10-6-4-8;2-1-3;;/h4-5,8-9,12-13,19H,2-3,6-7,10-11H2,1H3;1-10,17H;8,10H,2-7H2,1H3;;1H4;1H. The van der Waals surface area contributed by atoms with Crippen molar-refractivity contribution in [1.29, 1.82) is 0 Å². The van der Waals surface area contributed by atoms with Crippen molar-refractivity contribution >= 4 is 83.4 Å². The quantitative estimate of drug-likeness (QED) is 0.0779. The number of halogens is 3. The largest absolute Gasteiger partial charge is 0.516 e. The van der Waals surface area contributed by atoms with Crippen LogP contribution in [0.5, 0.6) is 5.75 Å². The van der Waals surface area contributed by atoms with Crippen molar-refractivity contribution < 1.29 is 52.5 Å². The van der Waals surface area contributed by atoms with Gasteiger partial charge in [0.2, 0.25) is 12.5 Å². The van der Waals surface area contributed by atoms with Gasteiger partial charge in [0.15, 0.2) is 11.4 Å². The van der Waals surface area contributed by atoms with Gasteiger partial charge in [0, 0.05) is 56.7 Å². The number of nitrogens with one attached hydrogen (secondary N) is 1. The molecule has 0 bridgehead atoms. The summed E-state index contributed by atoms with van der Waals surface area (Å²) in [6, 6.07) is 14.8. The smallest absolute Gasteiger partial charge is 0.466 e. The maximum Gasteiger partial charge on any atom is 0.516 e. The van der Waals surface area contributed by atoms with Crippen molar-refractivity contribution in [1.82, 2.24) is 40.1 Å². The molecule has 2 unspecified atom stereocenters. The highest BCUT2D eigenvalue weighted by Crippen LogP contribution is 2.38. The molecule has 0 radical (unpaired) electrons. The number of ether oxygens (including phenoxy) is 4. The van der Waals surface area contributed by atoms with E-state index in [1.54, 1.807) is 53.4 Å². The van der Waals surface area contributed by atoms with E-state index in [0.29, 0.717) is 65.3 Å². The second-order valence-electron chi connectivity index (χ2n) is 16.0. The van der Waals surface area contributed by atoms with Crippen molar-refractivity contribution in [2.24, 2.45) is 11.8 Å². The predicted molar refractivity (Wildman–Crippen MR) is 267 cm³/mol. The van der Waals surface area contributed by atoms with Crippen molar-refractivity contribution in [2.75, 3.05) is 42.6 Å². The van der Waals surface area contributed by atoms with E-state index in [9.17, 15) is 24.0 Å². The van der Waals surface area contributed by atoms with Crippen LogP contribution in [-0.2, 0) is 28.6 Å². The number of rotatable bonds is 10. The van der Waals surface area contributed by atoms with Gasteiger partial charge in [-0.05, 0) is 93.9 Å². The molecule has 73 heavy (non-hydrogen) atoms. The topological polar surface area (TPSA) is 255 Å². The van der Waals surface area contributed by atoms with Gasteiger partial charge in [0.05, 0.1) is 16.7 Å². The SMILES string of the molecule is C.CCCC1CCN(C(=O)OC2c3nccnc3C(=O)N2c2ccc(Cl)cn2)CC1.CCOC(=O)CC1CCNCC1.Cl.O=C(Oc1ccccc1)OC1c2nccnc2C(=O)N1c1ccc(Cl)cn1.O=C=O. The van der Waals surface area contributed by atoms with Crippen LogP contribution in [0, 0.1) is 11.8 Å². The minimum absolute atomic E-state index is 0. The monoisotopic (exact) mass is 1060 g/mol. The summed E-state index contributed by atoms with van der Waals surface area (Å²) in [5.41, 5.74) is 0.739. The van der Waals surface area contributed by atoms with Gasteiger partial charge in [0.1, 0.15) is 28.8 Å². The normalized spacial score (nSPS) is 16.6. The Bertz CT molecular complexity index is 2620. The van der Waals surface area contributed by atoms with E-state index in [2.05, 4.69) is 42.1 Å². The molecule has 2 saturated heterocycles. The Morgan fingerprint density at radius 1 is 0.699 bits per heavy atom. The molecule has 9 rings (SSSR count). The van der Waals surface area contributed by atoms with Crippen LogP contribution in [0.4, 0.5) is 21.2 Å². The third kappa shape index (κ3) is 15.9. The first-order valence-corrected chi connectivity index (χ1v) is 23.5. The summed E-state index contributed by atoms with van der Waals surface area (Å²) in [6.07, 6.45) is 12.2. The number of nitrogens with zero attached hydrogens (tertiary/aromatic N) is 9. The number of carbonyl (C=O) groups is 5. The van der Waals surface area contributed by atoms with Crippen LogP contribution in [0.25, 0.3) is 0 Å². The fraction of sp³-hybridized carbons (Fsp3) is 0.388. The summed E-state index contributed by atoms with van der Waals surface area (Å²) >= 11 is 11.8. The molecule has 3 amide bonds. The summed E-state index contributed by atoms with van der Waals surface area (Å²) in [5, 5.41) is 4.11. The predicted octanol–water partition coefficient (Wildman–Crippen LogP) is 8.65. The average Bonchev–Trinajstić information content (AvgIpc) is 3.81. The lowest BCUT2D eigenvalue weighted by molar-refractivity contribution is -0.191. The molecule has 5 aromatic rings. The molecule has 24 heteroatoms. The lowest BCUT2D eigenvalue weighted by Gasteiger charge is -2.33. The molecule has 1 N–H and O–H groups in total. The van der Waals surface area contributed by atoms with Crippen molar-refractivity contribution in [3.63, 3.8) is 0 Å². The molecule has 1 aromatic carbocycles. The third-order valence-corrected chi connectivity index (χ3v) is 11.8. The Hall–Kier alpha value is -7.16. The van der Waals surface area contributed by atoms with Crippen LogP contribution in [0.15, 0.2) is 91.8 Å². The number of carbonyl (C=O) groups excluding carboxylic acids is 7. The molecule has 21 nitrogen and oxygen atoms in total. The maximum absolute atomic E-state index is 12.9. The molecular weight excluding hydrogens is 1010 g/mol. The van der Waals surface area contributed by atoms with Gasteiger partial charge in [-0.3, -0.25) is 24.4 Å². The van der Waals surface area contributed by atoms with Crippen LogP contribution in [0.2, 0.25) is 10.0 Å². The van der Waals surface area contributed by atoms with Crippen LogP contribution in [0.1, 0.15) is 111 Å². The number of hydrogen-bond donors (Lipinski definition) is 1. The highest BCUT2D eigenvalue weighted by molar-refractivity contribution is 6.30. The van der Waals surface area contributed by atoms with Gasteiger partial charge in [0.25, 0.3) is 11.8 Å². The fourth-order valence-corrected chi connectivity index (χ4v) is 8.21. The number of piperidine rings is 2. The van der Waals surface area contributed by atoms with Crippen LogP contribution < -0.4 is 19.9 Å². The van der Waals surface area contributed by atoms with Crippen molar-refractivity contribution in [2.45, 2.75) is 78.7 Å². The third-order valence-electron chi connectivity index (χ3n) is 11.3. The number of para-hydroxylation sites is 1. The number of hydrogen-bond acceptors (Lipinski definition) is 18. The summed E-state index contributed by atoms with van der Waals surface area (Å²) in [5.74, 6) is 1.11. The second-order valence-corrected chi connectivity index (χ2v) is 16.8. The van der Waals surface area contributed by atoms with Gasteiger partial charge in [-0.25, -0.2) is 39.3 Å². The molecule has 4 aromatic heterocycles. The van der Waals surface area contributed by atoms with Crippen LogP contribution in [0.3, 0.4) is 0 Å². The molecule has 2 atom stereocenters. The summed E-state index contributed by atoms with van der Waals surface area (Å²) < 4.78 is 21.2. The first-order valence-electron chi connectivity index (χ1n) is 22.7. The lowest BCUT2D eigenvalue weighted by atomic mass is 9.93. The van der Waals surface area contributed by atoms with Gasteiger partial charge >= 0.3 is 24.4 Å². The zero-order chi connectivity index (χ0) is 50.7. The first kappa shape index (κ1) is 58.4. The minimum Gasteiger partial charge on any atom is -0.466 e. The lowest BCUT2D eigenvalue weighted by Crippen LogP contribution is -2.41. The van der Waals surface area contributed by atoms with Crippen molar-refractivity contribution in [3.8, 4) is 5.75 Å². The highest BCUT2D eigenvalue weighted by Gasteiger charge is 2.45. The molecule has 388 valence electrons. The van der Waals surface area contributed by atoms with Crippen LogP contribution >= 0.6 is 35.6 Å². The van der Waals surface area contributed by atoms with E-state index >= 15 is 0 Å². The number of anilines is 2. The molecule has 0 aliphatic carbocycles. The Morgan fingerprint density at radius 3 is 1.68 bits per heavy atom. The number of aromatic nitrogens is 6. The Morgan fingerprint density at radius 2 is 1.21 bits per heavy atom.